The predicted octanol–water partition coefficient (Wildman–Crippen LogP) is 3.04. The molecule has 0 atom stereocenters. The average molecular weight is 327 g/mol. The fraction of sp³-hybridized carbons (Fsp3) is 0.429. The summed E-state index contributed by atoms with van der Waals surface area (Å²) in [5, 5.41) is 2.79. The molecule has 19 heavy (non-hydrogen) atoms. The van der Waals surface area contributed by atoms with Crippen LogP contribution in [0.2, 0.25) is 0 Å². The summed E-state index contributed by atoms with van der Waals surface area (Å²) in [7, 11) is 0. The Balaban J connectivity index is 2.58. The van der Waals surface area contributed by atoms with Gasteiger partial charge < -0.3 is 10.2 Å². The van der Waals surface area contributed by atoms with Gasteiger partial charge in [0.15, 0.2) is 0 Å². The van der Waals surface area contributed by atoms with Crippen molar-refractivity contribution >= 4 is 33.4 Å². The highest BCUT2D eigenvalue weighted by Crippen LogP contribution is 2.20. The van der Waals surface area contributed by atoms with Gasteiger partial charge in [-0.2, -0.15) is 0 Å². The van der Waals surface area contributed by atoms with Crippen LogP contribution >= 0.6 is 15.9 Å². The van der Waals surface area contributed by atoms with E-state index < -0.39 is 0 Å². The maximum Gasteiger partial charge on any atom is 0.244 e. The first-order valence-corrected chi connectivity index (χ1v) is 7.13. The fourth-order valence-corrected chi connectivity index (χ4v) is 2.01. The van der Waals surface area contributed by atoms with Crippen LogP contribution in [0.25, 0.3) is 0 Å². The topological polar surface area (TPSA) is 49.4 Å². The molecule has 0 saturated heterocycles. The van der Waals surface area contributed by atoms with Gasteiger partial charge in [-0.15, -0.1) is 0 Å². The summed E-state index contributed by atoms with van der Waals surface area (Å²) >= 11 is 3.37. The van der Waals surface area contributed by atoms with Gasteiger partial charge in [0, 0.05) is 17.9 Å². The van der Waals surface area contributed by atoms with E-state index in [4.69, 9.17) is 0 Å². The van der Waals surface area contributed by atoms with Crippen molar-refractivity contribution in [3.8, 4) is 0 Å². The van der Waals surface area contributed by atoms with Crippen LogP contribution in [0.4, 0.5) is 5.69 Å². The lowest BCUT2D eigenvalue weighted by molar-refractivity contribution is -0.132. The molecule has 2 amide bonds. The molecule has 1 N–H and O–H groups in total. The van der Waals surface area contributed by atoms with E-state index in [1.165, 1.54) is 6.92 Å². The molecule has 0 unspecified atom stereocenters. The SMILES string of the molecule is CCCCN(CC(=O)Nc1ccccc1Br)C(C)=O. The van der Waals surface area contributed by atoms with E-state index in [9.17, 15) is 9.59 Å². The molecular weight excluding hydrogens is 308 g/mol. The number of amides is 2. The van der Waals surface area contributed by atoms with Crippen LogP contribution in [0.15, 0.2) is 28.7 Å². The minimum absolute atomic E-state index is 0.0734. The molecule has 0 aliphatic rings. The molecule has 0 spiro atoms. The van der Waals surface area contributed by atoms with Gasteiger partial charge in [-0.05, 0) is 34.5 Å². The molecule has 1 rings (SSSR count). The first kappa shape index (κ1) is 15.7. The average Bonchev–Trinajstić information content (AvgIpc) is 2.37. The molecule has 0 radical (unpaired) electrons. The molecule has 0 bridgehead atoms. The van der Waals surface area contributed by atoms with Crippen molar-refractivity contribution in [1.29, 1.82) is 0 Å². The second-order valence-corrected chi connectivity index (χ2v) is 5.18. The van der Waals surface area contributed by atoms with E-state index in [0.29, 0.717) is 12.2 Å². The minimum Gasteiger partial charge on any atom is -0.334 e. The van der Waals surface area contributed by atoms with Crippen molar-refractivity contribution in [1.82, 2.24) is 4.90 Å². The lowest BCUT2D eigenvalue weighted by atomic mass is 10.3. The molecule has 0 heterocycles. The number of benzene rings is 1. The molecule has 0 fully saturated rings. The number of nitrogens with zero attached hydrogens (tertiary/aromatic N) is 1. The summed E-state index contributed by atoms with van der Waals surface area (Å²) in [5.41, 5.74) is 0.714. The second-order valence-electron chi connectivity index (χ2n) is 4.32. The molecule has 0 aliphatic carbocycles. The van der Waals surface area contributed by atoms with E-state index in [1.807, 2.05) is 24.3 Å². The van der Waals surface area contributed by atoms with E-state index >= 15 is 0 Å². The van der Waals surface area contributed by atoms with Crippen molar-refractivity contribution in [2.24, 2.45) is 0 Å². The number of halogens is 1. The van der Waals surface area contributed by atoms with Crippen LogP contribution in [0.3, 0.4) is 0 Å². The largest absolute Gasteiger partial charge is 0.334 e. The zero-order valence-corrected chi connectivity index (χ0v) is 12.9. The molecule has 0 aliphatic heterocycles. The first-order valence-electron chi connectivity index (χ1n) is 6.34. The van der Waals surface area contributed by atoms with Crippen molar-refractivity contribution < 1.29 is 9.59 Å². The van der Waals surface area contributed by atoms with Crippen molar-refractivity contribution in [2.75, 3.05) is 18.4 Å². The Bertz CT molecular complexity index is 449. The zero-order valence-electron chi connectivity index (χ0n) is 11.3. The number of nitrogens with one attached hydrogen (secondary N) is 1. The number of para-hydroxylation sites is 1. The van der Waals surface area contributed by atoms with Gasteiger partial charge in [-0.25, -0.2) is 0 Å². The van der Waals surface area contributed by atoms with Crippen molar-refractivity contribution in [2.45, 2.75) is 26.7 Å². The third-order valence-corrected chi connectivity index (χ3v) is 3.40. The quantitative estimate of drug-likeness (QED) is 0.873. The molecule has 0 aromatic heterocycles. The predicted molar refractivity (Wildman–Crippen MR) is 79.9 cm³/mol. The second kappa shape index (κ2) is 7.94. The summed E-state index contributed by atoms with van der Waals surface area (Å²) in [4.78, 5) is 24.9. The number of unbranched alkanes of at least 4 members (excludes halogenated alkanes) is 1. The monoisotopic (exact) mass is 326 g/mol. The summed E-state index contributed by atoms with van der Waals surface area (Å²) in [6.45, 7) is 4.26. The maximum absolute atomic E-state index is 11.9. The van der Waals surface area contributed by atoms with Crippen LogP contribution in [0, 0.1) is 0 Å². The highest BCUT2D eigenvalue weighted by atomic mass is 79.9. The van der Waals surface area contributed by atoms with Gasteiger partial charge in [0.05, 0.1) is 12.2 Å². The van der Waals surface area contributed by atoms with E-state index in [1.54, 1.807) is 4.90 Å². The number of rotatable bonds is 6. The van der Waals surface area contributed by atoms with Gasteiger partial charge in [-0.3, -0.25) is 9.59 Å². The fourth-order valence-electron chi connectivity index (χ4n) is 1.62. The number of hydrogen-bond donors (Lipinski definition) is 1. The smallest absolute Gasteiger partial charge is 0.244 e. The summed E-state index contributed by atoms with van der Waals surface area (Å²) in [5.74, 6) is -0.256. The Morgan fingerprint density at radius 2 is 2.00 bits per heavy atom. The van der Waals surface area contributed by atoms with Crippen molar-refractivity contribution in [3.63, 3.8) is 0 Å². The van der Waals surface area contributed by atoms with E-state index in [-0.39, 0.29) is 18.4 Å². The number of hydrogen-bond acceptors (Lipinski definition) is 2. The van der Waals surface area contributed by atoms with E-state index in [0.717, 1.165) is 17.3 Å². The number of carbonyl (C=O) groups is 2. The van der Waals surface area contributed by atoms with E-state index in [2.05, 4.69) is 28.2 Å². The molecule has 104 valence electrons. The summed E-state index contributed by atoms with van der Waals surface area (Å²) in [6, 6.07) is 7.39. The lowest BCUT2D eigenvalue weighted by Gasteiger charge is -2.20. The maximum atomic E-state index is 11.9. The number of anilines is 1. The molecule has 1 aromatic carbocycles. The van der Waals surface area contributed by atoms with Crippen molar-refractivity contribution in [3.05, 3.63) is 28.7 Å². The normalized spacial score (nSPS) is 10.1. The standard InChI is InChI=1S/C14H19BrN2O2/c1-3-4-9-17(11(2)18)10-14(19)16-13-8-6-5-7-12(13)15/h5-8H,3-4,9-10H2,1-2H3,(H,16,19). The lowest BCUT2D eigenvalue weighted by Crippen LogP contribution is -2.37. The Labute approximate surface area is 122 Å². The van der Waals surface area contributed by atoms with Crippen LogP contribution in [-0.4, -0.2) is 29.8 Å². The van der Waals surface area contributed by atoms with Crippen LogP contribution < -0.4 is 5.32 Å². The molecule has 0 saturated carbocycles. The molecule has 1 aromatic rings. The summed E-state index contributed by atoms with van der Waals surface area (Å²) < 4.78 is 0.825. The third kappa shape index (κ3) is 5.42. The van der Waals surface area contributed by atoms with Gasteiger partial charge in [0.2, 0.25) is 11.8 Å². The van der Waals surface area contributed by atoms with Gasteiger partial charge in [0.25, 0.3) is 0 Å². The molecule has 5 heteroatoms. The zero-order chi connectivity index (χ0) is 14.3. The highest BCUT2D eigenvalue weighted by Gasteiger charge is 2.13. The Hall–Kier alpha value is -1.36. The Morgan fingerprint density at radius 1 is 1.32 bits per heavy atom. The summed E-state index contributed by atoms with van der Waals surface area (Å²) in [6.07, 6.45) is 1.90. The highest BCUT2D eigenvalue weighted by molar-refractivity contribution is 9.10. The molecule has 4 nitrogen and oxygen atoms in total. The minimum atomic E-state index is -0.182. The van der Waals surface area contributed by atoms with Crippen LogP contribution in [0.5, 0.6) is 0 Å². The third-order valence-electron chi connectivity index (χ3n) is 2.71. The Kier molecular flexibility index (Phi) is 6.56. The van der Waals surface area contributed by atoms with Crippen LogP contribution in [-0.2, 0) is 9.59 Å². The molecular formula is C14H19BrN2O2. The van der Waals surface area contributed by atoms with Gasteiger partial charge >= 0.3 is 0 Å². The Morgan fingerprint density at radius 3 is 2.58 bits per heavy atom. The van der Waals surface area contributed by atoms with Crippen LogP contribution in [0.1, 0.15) is 26.7 Å². The number of carbonyl (C=O) groups excluding carboxylic acids is 2. The van der Waals surface area contributed by atoms with Gasteiger partial charge in [0.1, 0.15) is 0 Å². The first-order chi connectivity index (χ1) is 9.04. The van der Waals surface area contributed by atoms with Gasteiger partial charge in [-0.1, -0.05) is 25.5 Å².